The van der Waals surface area contributed by atoms with E-state index < -0.39 is 5.97 Å². The van der Waals surface area contributed by atoms with Crippen LogP contribution in [0.1, 0.15) is 52.9 Å². The Labute approximate surface area is 109 Å². The van der Waals surface area contributed by atoms with Crippen molar-refractivity contribution in [2.75, 3.05) is 6.54 Å². The fourth-order valence-electron chi connectivity index (χ4n) is 1.71. The summed E-state index contributed by atoms with van der Waals surface area (Å²) in [4.78, 5) is 21.8. The summed E-state index contributed by atoms with van der Waals surface area (Å²) in [5, 5.41) is 14.1. The van der Waals surface area contributed by atoms with E-state index >= 15 is 0 Å². The molecule has 3 N–H and O–H groups in total. The second-order valence-corrected chi connectivity index (χ2v) is 4.90. The van der Waals surface area contributed by atoms with Gasteiger partial charge in [0, 0.05) is 19.0 Å². The number of aliphatic carboxylic acids is 1. The normalized spacial score (nSPS) is 13.7. The van der Waals surface area contributed by atoms with Gasteiger partial charge in [0.1, 0.15) is 0 Å². The first-order valence-electron chi connectivity index (χ1n) is 6.71. The second-order valence-electron chi connectivity index (χ2n) is 4.90. The third-order valence-electron chi connectivity index (χ3n) is 2.93. The monoisotopic (exact) mass is 258 g/mol. The summed E-state index contributed by atoms with van der Waals surface area (Å²) in [6, 6.07) is 0.0000904. The molecule has 0 aromatic carbocycles. The van der Waals surface area contributed by atoms with Gasteiger partial charge < -0.3 is 15.7 Å². The van der Waals surface area contributed by atoms with Crippen molar-refractivity contribution in [3.63, 3.8) is 0 Å². The summed E-state index contributed by atoms with van der Waals surface area (Å²) >= 11 is 0. The lowest BCUT2D eigenvalue weighted by atomic mass is 10.0. The fourth-order valence-corrected chi connectivity index (χ4v) is 1.71. The number of carbonyl (C=O) groups is 2. The quantitative estimate of drug-likeness (QED) is 0.555. The van der Waals surface area contributed by atoms with Crippen LogP contribution in [0.4, 0.5) is 4.79 Å². The molecule has 0 aliphatic carbocycles. The number of rotatable bonds is 9. The number of carbonyl (C=O) groups excluding carboxylic acids is 1. The SMILES string of the molecule is CCC(C)CC(C)NC(=O)NCCCCC(=O)O. The van der Waals surface area contributed by atoms with Gasteiger partial charge in [0.05, 0.1) is 0 Å². The minimum absolute atomic E-state index is 0.160. The molecule has 0 aromatic heterocycles. The summed E-state index contributed by atoms with van der Waals surface area (Å²) in [7, 11) is 0. The summed E-state index contributed by atoms with van der Waals surface area (Å²) < 4.78 is 0. The molecule has 5 nitrogen and oxygen atoms in total. The van der Waals surface area contributed by atoms with Gasteiger partial charge in [-0.05, 0) is 32.1 Å². The molecule has 0 heterocycles. The highest BCUT2D eigenvalue weighted by atomic mass is 16.4. The van der Waals surface area contributed by atoms with Gasteiger partial charge in [-0.15, -0.1) is 0 Å². The molecule has 0 saturated heterocycles. The Bertz CT molecular complexity index is 257. The highest BCUT2D eigenvalue weighted by molar-refractivity contribution is 5.74. The predicted octanol–water partition coefficient (Wildman–Crippen LogP) is 2.37. The molecule has 0 saturated carbocycles. The first kappa shape index (κ1) is 16.7. The molecule has 0 spiro atoms. The predicted molar refractivity (Wildman–Crippen MR) is 71.6 cm³/mol. The molecule has 2 amide bonds. The van der Waals surface area contributed by atoms with Crippen LogP contribution in [0.15, 0.2) is 0 Å². The van der Waals surface area contributed by atoms with Gasteiger partial charge >= 0.3 is 12.0 Å². The summed E-state index contributed by atoms with van der Waals surface area (Å²) in [5.74, 6) is -0.183. The Morgan fingerprint density at radius 1 is 1.22 bits per heavy atom. The Kier molecular flexibility index (Phi) is 9.06. The van der Waals surface area contributed by atoms with Gasteiger partial charge in [-0.2, -0.15) is 0 Å². The molecule has 5 heteroatoms. The molecule has 2 unspecified atom stereocenters. The number of carboxylic acid groups (broad SMARTS) is 1. The van der Waals surface area contributed by atoms with Crippen molar-refractivity contribution in [2.24, 2.45) is 5.92 Å². The molecule has 0 bridgehead atoms. The number of nitrogens with one attached hydrogen (secondary N) is 2. The van der Waals surface area contributed by atoms with Crippen molar-refractivity contribution in [1.29, 1.82) is 0 Å². The Morgan fingerprint density at radius 2 is 1.89 bits per heavy atom. The molecule has 0 aromatic rings. The number of hydrogen-bond donors (Lipinski definition) is 3. The molecule has 0 aliphatic rings. The highest BCUT2D eigenvalue weighted by Gasteiger charge is 2.09. The van der Waals surface area contributed by atoms with Crippen LogP contribution in [-0.2, 0) is 4.79 Å². The Morgan fingerprint density at radius 3 is 2.44 bits per heavy atom. The molecule has 106 valence electrons. The summed E-state index contributed by atoms with van der Waals surface area (Å²) in [6.07, 6.45) is 3.54. The van der Waals surface area contributed by atoms with Gasteiger partial charge in [-0.3, -0.25) is 4.79 Å². The number of amides is 2. The van der Waals surface area contributed by atoms with Crippen molar-refractivity contribution in [2.45, 2.75) is 58.9 Å². The number of carboxylic acids is 1. The lowest BCUT2D eigenvalue weighted by Gasteiger charge is -2.17. The third kappa shape index (κ3) is 9.93. The topological polar surface area (TPSA) is 78.4 Å². The van der Waals surface area contributed by atoms with Crippen LogP contribution in [0.5, 0.6) is 0 Å². The van der Waals surface area contributed by atoms with Crippen LogP contribution < -0.4 is 10.6 Å². The largest absolute Gasteiger partial charge is 0.481 e. The first-order valence-corrected chi connectivity index (χ1v) is 6.71. The van der Waals surface area contributed by atoms with E-state index in [2.05, 4.69) is 24.5 Å². The van der Waals surface area contributed by atoms with Crippen LogP contribution in [0, 0.1) is 5.92 Å². The minimum atomic E-state index is -0.790. The van der Waals surface area contributed by atoms with Crippen molar-refractivity contribution in [1.82, 2.24) is 10.6 Å². The molecule has 0 rings (SSSR count). The Hall–Kier alpha value is -1.26. The number of unbranched alkanes of at least 4 members (excludes halogenated alkanes) is 1. The Balaban J connectivity index is 3.55. The lowest BCUT2D eigenvalue weighted by Crippen LogP contribution is -2.41. The van der Waals surface area contributed by atoms with E-state index in [-0.39, 0.29) is 18.5 Å². The van der Waals surface area contributed by atoms with Crippen molar-refractivity contribution in [3.05, 3.63) is 0 Å². The smallest absolute Gasteiger partial charge is 0.314 e. The summed E-state index contributed by atoms with van der Waals surface area (Å²) in [5.41, 5.74) is 0. The van der Waals surface area contributed by atoms with Crippen molar-refractivity contribution < 1.29 is 14.7 Å². The molecule has 2 atom stereocenters. The molecule has 0 radical (unpaired) electrons. The van der Waals surface area contributed by atoms with E-state index in [1.54, 1.807) is 0 Å². The van der Waals surface area contributed by atoms with Crippen molar-refractivity contribution >= 4 is 12.0 Å². The van der Waals surface area contributed by atoms with Crippen LogP contribution in [0.25, 0.3) is 0 Å². The highest BCUT2D eigenvalue weighted by Crippen LogP contribution is 2.09. The van der Waals surface area contributed by atoms with E-state index in [9.17, 15) is 9.59 Å². The second kappa shape index (κ2) is 9.74. The van der Waals surface area contributed by atoms with Crippen LogP contribution in [0.3, 0.4) is 0 Å². The van der Waals surface area contributed by atoms with E-state index in [1.165, 1.54) is 0 Å². The van der Waals surface area contributed by atoms with Crippen LogP contribution in [-0.4, -0.2) is 29.7 Å². The van der Waals surface area contributed by atoms with E-state index in [1.807, 2.05) is 6.92 Å². The zero-order valence-electron chi connectivity index (χ0n) is 11.7. The minimum Gasteiger partial charge on any atom is -0.481 e. The van der Waals surface area contributed by atoms with E-state index in [0.717, 1.165) is 12.8 Å². The standard InChI is InChI=1S/C13H26N2O3/c1-4-10(2)9-11(3)15-13(18)14-8-6-5-7-12(16)17/h10-11H,4-9H2,1-3H3,(H,16,17)(H2,14,15,18). The zero-order chi connectivity index (χ0) is 14.0. The van der Waals surface area contributed by atoms with Gasteiger partial charge in [-0.1, -0.05) is 20.3 Å². The molecule has 18 heavy (non-hydrogen) atoms. The van der Waals surface area contributed by atoms with Crippen molar-refractivity contribution in [3.8, 4) is 0 Å². The fraction of sp³-hybridized carbons (Fsp3) is 0.846. The van der Waals surface area contributed by atoms with Gasteiger partial charge in [0.2, 0.25) is 0 Å². The number of hydrogen-bond acceptors (Lipinski definition) is 2. The average Bonchev–Trinajstić information content (AvgIpc) is 2.27. The van der Waals surface area contributed by atoms with E-state index in [4.69, 9.17) is 5.11 Å². The average molecular weight is 258 g/mol. The maximum Gasteiger partial charge on any atom is 0.314 e. The maximum absolute atomic E-state index is 11.5. The third-order valence-corrected chi connectivity index (χ3v) is 2.93. The van der Waals surface area contributed by atoms with Gasteiger partial charge in [-0.25, -0.2) is 4.79 Å². The van der Waals surface area contributed by atoms with Gasteiger partial charge in [0.15, 0.2) is 0 Å². The van der Waals surface area contributed by atoms with E-state index in [0.29, 0.717) is 25.3 Å². The van der Waals surface area contributed by atoms with Gasteiger partial charge in [0.25, 0.3) is 0 Å². The van der Waals surface area contributed by atoms with Crippen LogP contribution >= 0.6 is 0 Å². The summed E-state index contributed by atoms with van der Waals surface area (Å²) in [6.45, 7) is 6.83. The molecule has 0 fully saturated rings. The zero-order valence-corrected chi connectivity index (χ0v) is 11.7. The molecular weight excluding hydrogens is 232 g/mol. The molecular formula is C13H26N2O3. The lowest BCUT2D eigenvalue weighted by molar-refractivity contribution is -0.137. The van der Waals surface area contributed by atoms with Crippen LogP contribution in [0.2, 0.25) is 0 Å². The maximum atomic E-state index is 11.5. The molecule has 0 aliphatic heterocycles. The number of urea groups is 1. The first-order chi connectivity index (χ1) is 8.45.